The van der Waals surface area contributed by atoms with E-state index < -0.39 is 52.5 Å². The van der Waals surface area contributed by atoms with Gasteiger partial charge in [-0.05, 0) is 13.8 Å². The molecule has 126 valence electrons. The maximum atomic E-state index is 13.0. The van der Waals surface area contributed by atoms with Gasteiger partial charge in [0.1, 0.15) is 0 Å². The highest BCUT2D eigenvalue weighted by atomic mass is 16.6. The molecule has 7 heteroatoms. The number of esters is 3. The molecule has 0 N–H and O–H groups in total. The van der Waals surface area contributed by atoms with E-state index >= 15 is 0 Å². The van der Waals surface area contributed by atoms with Crippen molar-refractivity contribution in [2.75, 3.05) is 14.2 Å². The summed E-state index contributed by atoms with van der Waals surface area (Å²) in [5.74, 6) is -5.16. The van der Waals surface area contributed by atoms with E-state index in [1.165, 1.54) is 28.1 Å². The summed E-state index contributed by atoms with van der Waals surface area (Å²) in [6.45, 7) is 4.20. The van der Waals surface area contributed by atoms with E-state index in [-0.39, 0.29) is 0 Å². The summed E-state index contributed by atoms with van der Waals surface area (Å²) in [5.41, 5.74) is -2.84. The molecule has 3 rings (SSSR count). The second kappa shape index (κ2) is 5.47. The van der Waals surface area contributed by atoms with Crippen LogP contribution in [0.2, 0.25) is 0 Å². The van der Waals surface area contributed by atoms with Crippen molar-refractivity contribution in [3.05, 3.63) is 12.2 Å². The third kappa shape index (κ3) is 2.26. The normalized spacial score (nSPS) is 38.1. The molecule has 0 radical (unpaired) electrons. The van der Waals surface area contributed by atoms with Crippen LogP contribution in [0.15, 0.2) is 12.2 Å². The van der Waals surface area contributed by atoms with Gasteiger partial charge in [0.05, 0.1) is 31.5 Å². The molecule has 5 atom stereocenters. The van der Waals surface area contributed by atoms with Gasteiger partial charge >= 0.3 is 17.9 Å². The number of carbonyl (C=O) groups excluding carboxylic acids is 4. The number of Topliss-reactive ketones (excluding diaryl/α,β-unsaturated/α-hetero) is 1. The Balaban J connectivity index is 2.63. The molecule has 3 aliphatic carbocycles. The Morgan fingerprint density at radius 3 is 2.13 bits per heavy atom. The second-order valence-electron chi connectivity index (χ2n) is 6.25. The van der Waals surface area contributed by atoms with Gasteiger partial charge in [-0.1, -0.05) is 12.2 Å². The molecule has 7 nitrogen and oxygen atoms in total. The zero-order chi connectivity index (χ0) is 17.6. The molecule has 0 aromatic carbocycles. The van der Waals surface area contributed by atoms with Crippen LogP contribution in [0, 0.1) is 23.2 Å². The number of ketones is 1. The van der Waals surface area contributed by atoms with E-state index in [4.69, 9.17) is 14.2 Å². The predicted molar refractivity (Wildman–Crippen MR) is 76.9 cm³/mol. The average molecular weight is 324 g/mol. The lowest BCUT2D eigenvalue weighted by atomic mass is 9.49. The fourth-order valence-corrected chi connectivity index (χ4v) is 3.89. The highest BCUT2D eigenvalue weighted by Gasteiger charge is 2.69. The molecule has 5 unspecified atom stereocenters. The van der Waals surface area contributed by atoms with Crippen molar-refractivity contribution in [2.45, 2.75) is 26.4 Å². The molecule has 1 fully saturated rings. The Morgan fingerprint density at radius 2 is 1.65 bits per heavy atom. The first kappa shape index (κ1) is 17.2. The van der Waals surface area contributed by atoms with E-state index in [2.05, 4.69) is 0 Å². The van der Waals surface area contributed by atoms with Crippen LogP contribution < -0.4 is 0 Å². The Labute approximate surface area is 133 Å². The standard InChI is InChI=1S/C16H20O7/c1-8(17)23-16(3)9-6-7-15(2,14(16)20)11(13(19)22-5)10(9)12(18)21-4/h6-7,9-11H,1-5H3. The van der Waals surface area contributed by atoms with Gasteiger partial charge in [0.15, 0.2) is 11.4 Å². The summed E-state index contributed by atoms with van der Waals surface area (Å²) in [4.78, 5) is 49.0. The van der Waals surface area contributed by atoms with Gasteiger partial charge < -0.3 is 14.2 Å². The predicted octanol–water partition coefficient (Wildman–Crippen LogP) is 0.662. The van der Waals surface area contributed by atoms with Gasteiger partial charge in [-0.15, -0.1) is 0 Å². The van der Waals surface area contributed by atoms with Crippen LogP contribution >= 0.6 is 0 Å². The molecule has 0 saturated heterocycles. The van der Waals surface area contributed by atoms with Gasteiger partial charge in [-0.3, -0.25) is 19.2 Å². The van der Waals surface area contributed by atoms with Crippen molar-refractivity contribution < 1.29 is 33.4 Å². The Hall–Kier alpha value is -2.18. The maximum absolute atomic E-state index is 13.0. The molecule has 2 bridgehead atoms. The summed E-state index contributed by atoms with van der Waals surface area (Å²) < 4.78 is 14.9. The molecule has 0 aromatic heterocycles. The molecule has 1 saturated carbocycles. The van der Waals surface area contributed by atoms with Crippen molar-refractivity contribution in [3.8, 4) is 0 Å². The zero-order valence-corrected chi connectivity index (χ0v) is 13.7. The summed E-state index contributed by atoms with van der Waals surface area (Å²) in [6.07, 6.45) is 3.23. The minimum Gasteiger partial charge on any atom is -0.469 e. The third-order valence-corrected chi connectivity index (χ3v) is 4.90. The van der Waals surface area contributed by atoms with Crippen molar-refractivity contribution in [2.24, 2.45) is 23.2 Å². The molecule has 3 aliphatic rings. The molecule has 0 amide bonds. The van der Waals surface area contributed by atoms with Crippen molar-refractivity contribution in [1.29, 1.82) is 0 Å². The number of fused-ring (bicyclic) bond motifs is 2. The van der Waals surface area contributed by atoms with Crippen molar-refractivity contribution in [1.82, 2.24) is 0 Å². The van der Waals surface area contributed by atoms with Gasteiger partial charge in [-0.2, -0.15) is 0 Å². The monoisotopic (exact) mass is 324 g/mol. The molecule has 0 aromatic rings. The summed E-state index contributed by atoms with van der Waals surface area (Å²) in [7, 11) is 2.40. The molecular weight excluding hydrogens is 304 g/mol. The zero-order valence-electron chi connectivity index (χ0n) is 13.7. The topological polar surface area (TPSA) is 96.0 Å². The molecule has 0 heterocycles. The SMILES string of the molecule is COC(=O)C1C(C(=O)OC)C2(C)C=CC1C(C)(OC(C)=O)C2=O. The minimum absolute atomic E-state index is 0.428. The van der Waals surface area contributed by atoms with Crippen LogP contribution in [0.4, 0.5) is 0 Å². The molecule has 0 aliphatic heterocycles. The van der Waals surface area contributed by atoms with Crippen LogP contribution in [-0.2, 0) is 33.4 Å². The van der Waals surface area contributed by atoms with E-state index in [1.807, 2.05) is 0 Å². The first-order chi connectivity index (χ1) is 10.6. The quantitative estimate of drug-likeness (QED) is 0.427. The largest absolute Gasteiger partial charge is 0.469 e. The van der Waals surface area contributed by atoms with Crippen molar-refractivity contribution in [3.63, 3.8) is 0 Å². The maximum Gasteiger partial charge on any atom is 0.310 e. The first-order valence-corrected chi connectivity index (χ1v) is 7.23. The number of methoxy groups -OCH3 is 2. The Bertz CT molecular complexity index is 608. The van der Waals surface area contributed by atoms with Gasteiger partial charge in [0.25, 0.3) is 0 Å². The van der Waals surface area contributed by atoms with Crippen LogP contribution in [-0.4, -0.2) is 43.5 Å². The number of hydrogen-bond donors (Lipinski definition) is 0. The van der Waals surface area contributed by atoms with Gasteiger partial charge in [0, 0.05) is 12.8 Å². The minimum atomic E-state index is -1.53. The smallest absolute Gasteiger partial charge is 0.310 e. The lowest BCUT2D eigenvalue weighted by Gasteiger charge is -2.54. The Morgan fingerprint density at radius 1 is 1.09 bits per heavy atom. The molecule has 23 heavy (non-hydrogen) atoms. The van der Waals surface area contributed by atoms with Gasteiger partial charge in [0.2, 0.25) is 0 Å². The third-order valence-electron chi connectivity index (χ3n) is 4.90. The van der Waals surface area contributed by atoms with Crippen LogP contribution in [0.25, 0.3) is 0 Å². The van der Waals surface area contributed by atoms with Crippen LogP contribution in [0.1, 0.15) is 20.8 Å². The van der Waals surface area contributed by atoms with E-state index in [9.17, 15) is 19.2 Å². The van der Waals surface area contributed by atoms with Gasteiger partial charge in [-0.25, -0.2) is 0 Å². The fourth-order valence-electron chi connectivity index (χ4n) is 3.89. The summed E-state index contributed by atoms with van der Waals surface area (Å²) >= 11 is 0. The number of allylic oxidation sites excluding steroid dienone is 1. The number of hydrogen-bond acceptors (Lipinski definition) is 7. The first-order valence-electron chi connectivity index (χ1n) is 7.23. The van der Waals surface area contributed by atoms with Crippen LogP contribution in [0.3, 0.4) is 0 Å². The van der Waals surface area contributed by atoms with E-state index in [0.717, 1.165) is 0 Å². The molecular formula is C16H20O7. The Kier molecular flexibility index (Phi) is 4.09. The van der Waals surface area contributed by atoms with Crippen molar-refractivity contribution >= 4 is 23.7 Å². The number of carbonyl (C=O) groups is 4. The highest BCUT2D eigenvalue weighted by Crippen LogP contribution is 2.56. The number of ether oxygens (including phenoxy) is 3. The lowest BCUT2D eigenvalue weighted by Crippen LogP contribution is -2.68. The lowest BCUT2D eigenvalue weighted by molar-refractivity contribution is -0.198. The van der Waals surface area contributed by atoms with E-state index in [0.29, 0.717) is 0 Å². The van der Waals surface area contributed by atoms with E-state index in [1.54, 1.807) is 19.1 Å². The molecule has 0 spiro atoms. The fraction of sp³-hybridized carbons (Fsp3) is 0.625. The number of rotatable bonds is 3. The second-order valence-corrected chi connectivity index (χ2v) is 6.25. The average Bonchev–Trinajstić information content (AvgIpc) is 2.49. The van der Waals surface area contributed by atoms with Crippen LogP contribution in [0.5, 0.6) is 0 Å². The summed E-state index contributed by atoms with van der Waals surface area (Å²) in [5, 5.41) is 0. The summed E-state index contributed by atoms with van der Waals surface area (Å²) in [6, 6.07) is 0. The highest BCUT2D eigenvalue weighted by molar-refractivity contribution is 6.03.